The molecule has 0 aliphatic heterocycles. The summed E-state index contributed by atoms with van der Waals surface area (Å²) in [5.74, 6) is 0.249. The summed E-state index contributed by atoms with van der Waals surface area (Å²) in [5.41, 5.74) is 2.85. The second-order valence-electron chi connectivity index (χ2n) is 4.73. The molecule has 3 rings (SSSR count). The Morgan fingerprint density at radius 3 is 2.59 bits per heavy atom. The predicted octanol–water partition coefficient (Wildman–Crippen LogP) is 3.09. The highest BCUT2D eigenvalue weighted by Crippen LogP contribution is 2.36. The molecule has 1 aromatic carbocycles. The fourth-order valence-electron chi connectivity index (χ4n) is 2.34. The van der Waals surface area contributed by atoms with Crippen LogP contribution in [0.2, 0.25) is 0 Å². The quantitative estimate of drug-likeness (QED) is 0.800. The highest BCUT2D eigenvalue weighted by atomic mass is 32.1. The molecule has 0 saturated heterocycles. The van der Waals surface area contributed by atoms with Gasteiger partial charge in [-0.25, -0.2) is 9.78 Å². The van der Waals surface area contributed by atoms with Crippen molar-refractivity contribution in [1.29, 1.82) is 0 Å². The summed E-state index contributed by atoms with van der Waals surface area (Å²) >= 11 is 1.40. The summed E-state index contributed by atoms with van der Waals surface area (Å²) in [6.07, 6.45) is 1.53. The van der Waals surface area contributed by atoms with Gasteiger partial charge in [0.2, 0.25) is 0 Å². The molecule has 6 nitrogen and oxygen atoms in total. The van der Waals surface area contributed by atoms with Crippen molar-refractivity contribution in [2.24, 2.45) is 0 Å². The first-order valence-electron chi connectivity index (χ1n) is 6.48. The van der Waals surface area contributed by atoms with E-state index >= 15 is 0 Å². The van der Waals surface area contributed by atoms with Crippen LogP contribution < -0.4 is 9.47 Å². The van der Waals surface area contributed by atoms with E-state index in [-0.39, 0.29) is 5.69 Å². The Bertz CT molecular complexity index is 866. The van der Waals surface area contributed by atoms with Crippen LogP contribution in [0.15, 0.2) is 23.7 Å². The number of fused-ring (bicyclic) bond motifs is 1. The molecule has 0 bridgehead atoms. The number of ether oxygens (including phenoxy) is 2. The van der Waals surface area contributed by atoms with Crippen LogP contribution in [0.1, 0.15) is 16.1 Å². The zero-order valence-electron chi connectivity index (χ0n) is 12.3. The van der Waals surface area contributed by atoms with Crippen molar-refractivity contribution >= 4 is 22.3 Å². The lowest BCUT2D eigenvalue weighted by atomic mass is 10.1. The first-order valence-corrected chi connectivity index (χ1v) is 7.36. The number of hydrogen-bond acceptors (Lipinski definition) is 5. The molecule has 0 spiro atoms. The molecule has 0 aliphatic carbocycles. The van der Waals surface area contributed by atoms with Gasteiger partial charge in [-0.2, -0.15) is 0 Å². The number of benzene rings is 1. The molecule has 0 saturated carbocycles. The first kappa shape index (κ1) is 14.4. The number of carboxylic acid groups (broad SMARTS) is 1. The van der Waals surface area contributed by atoms with Crippen LogP contribution in [0, 0.1) is 6.92 Å². The molecule has 114 valence electrons. The maximum atomic E-state index is 11.1. The monoisotopic (exact) mass is 318 g/mol. The lowest BCUT2D eigenvalue weighted by Crippen LogP contribution is -1.96. The van der Waals surface area contributed by atoms with Gasteiger partial charge in [0.15, 0.2) is 22.2 Å². The van der Waals surface area contributed by atoms with Gasteiger partial charge < -0.3 is 14.6 Å². The van der Waals surface area contributed by atoms with Gasteiger partial charge in [0.25, 0.3) is 0 Å². The molecule has 2 heterocycles. The summed E-state index contributed by atoms with van der Waals surface area (Å²) in [6.45, 7) is 1.97. The normalized spacial score (nSPS) is 10.9. The second kappa shape index (κ2) is 5.34. The molecule has 0 amide bonds. The minimum atomic E-state index is -1.04. The Hall–Kier alpha value is -2.54. The summed E-state index contributed by atoms with van der Waals surface area (Å²) < 4.78 is 12.4. The Balaban J connectivity index is 2.20. The molecule has 2 aromatic heterocycles. The highest BCUT2D eigenvalue weighted by Gasteiger charge is 2.17. The summed E-state index contributed by atoms with van der Waals surface area (Å²) in [4.78, 5) is 15.8. The molecular weight excluding hydrogens is 304 g/mol. The third kappa shape index (κ3) is 2.19. The number of methoxy groups -OCH3 is 2. The molecular formula is C15H14N2O4S. The van der Waals surface area contributed by atoms with E-state index in [0.29, 0.717) is 16.5 Å². The summed E-state index contributed by atoms with van der Waals surface area (Å²) in [5, 5.41) is 11.0. The SMILES string of the molecule is COc1cc(C)c(-c2csc3nc(C(=O)O)cn23)cc1OC. The van der Waals surface area contributed by atoms with Crippen LogP contribution in [0.3, 0.4) is 0 Å². The van der Waals surface area contributed by atoms with E-state index in [9.17, 15) is 4.79 Å². The van der Waals surface area contributed by atoms with Crippen molar-refractivity contribution in [3.63, 3.8) is 0 Å². The van der Waals surface area contributed by atoms with E-state index in [0.717, 1.165) is 16.8 Å². The van der Waals surface area contributed by atoms with Gasteiger partial charge in [0.05, 0.1) is 19.9 Å². The molecule has 3 aromatic rings. The van der Waals surface area contributed by atoms with Crippen molar-refractivity contribution in [1.82, 2.24) is 9.38 Å². The smallest absolute Gasteiger partial charge is 0.356 e. The van der Waals surface area contributed by atoms with Crippen LogP contribution >= 0.6 is 11.3 Å². The Morgan fingerprint density at radius 1 is 1.27 bits per heavy atom. The topological polar surface area (TPSA) is 73.1 Å². The van der Waals surface area contributed by atoms with Crippen molar-refractivity contribution in [3.8, 4) is 22.8 Å². The fourth-order valence-corrected chi connectivity index (χ4v) is 3.21. The maximum Gasteiger partial charge on any atom is 0.356 e. The Morgan fingerprint density at radius 2 is 1.95 bits per heavy atom. The van der Waals surface area contributed by atoms with Crippen LogP contribution in [0.25, 0.3) is 16.2 Å². The Labute approximate surface area is 130 Å². The van der Waals surface area contributed by atoms with Gasteiger partial charge in [0, 0.05) is 17.1 Å². The lowest BCUT2D eigenvalue weighted by molar-refractivity contribution is 0.0691. The molecule has 7 heteroatoms. The number of carbonyl (C=O) groups is 1. The molecule has 0 aliphatic rings. The van der Waals surface area contributed by atoms with Crippen molar-refractivity contribution < 1.29 is 19.4 Å². The zero-order valence-corrected chi connectivity index (χ0v) is 13.1. The van der Waals surface area contributed by atoms with Crippen molar-refractivity contribution in [2.45, 2.75) is 6.92 Å². The number of aromatic carboxylic acids is 1. The number of aromatic nitrogens is 2. The van der Waals surface area contributed by atoms with Crippen LogP contribution in [-0.4, -0.2) is 34.7 Å². The third-order valence-electron chi connectivity index (χ3n) is 3.43. The number of thiazole rings is 1. The van der Waals surface area contributed by atoms with Crippen LogP contribution in [-0.2, 0) is 0 Å². The van der Waals surface area contributed by atoms with Gasteiger partial charge in [0.1, 0.15) is 0 Å². The molecule has 0 fully saturated rings. The zero-order chi connectivity index (χ0) is 15.9. The largest absolute Gasteiger partial charge is 0.493 e. The molecule has 22 heavy (non-hydrogen) atoms. The third-order valence-corrected chi connectivity index (χ3v) is 4.27. The van der Waals surface area contributed by atoms with Crippen molar-refractivity contribution in [2.75, 3.05) is 14.2 Å². The number of imidazole rings is 1. The van der Waals surface area contributed by atoms with Crippen LogP contribution in [0.5, 0.6) is 11.5 Å². The van der Waals surface area contributed by atoms with E-state index in [1.165, 1.54) is 17.5 Å². The lowest BCUT2D eigenvalue weighted by Gasteiger charge is -2.12. The van der Waals surface area contributed by atoms with E-state index in [1.807, 2.05) is 24.4 Å². The fraction of sp³-hybridized carbons (Fsp3) is 0.200. The molecule has 1 N–H and O–H groups in total. The minimum absolute atomic E-state index is 0.0335. The van der Waals surface area contributed by atoms with E-state index < -0.39 is 5.97 Å². The van der Waals surface area contributed by atoms with Gasteiger partial charge in [-0.1, -0.05) is 0 Å². The standard InChI is InChI=1S/C15H14N2O4S/c1-8-4-12(20-2)13(21-3)5-9(8)11-7-22-15-16-10(14(18)19)6-17(11)15/h4-7H,1-3H3,(H,18,19). The average Bonchev–Trinajstić information content (AvgIpc) is 3.07. The molecule has 0 radical (unpaired) electrons. The number of carboxylic acids is 1. The predicted molar refractivity (Wildman–Crippen MR) is 83.3 cm³/mol. The van der Waals surface area contributed by atoms with Crippen molar-refractivity contribution in [3.05, 3.63) is 35.0 Å². The number of rotatable bonds is 4. The molecule has 0 unspecified atom stereocenters. The number of hydrogen-bond donors (Lipinski definition) is 1. The van der Waals surface area contributed by atoms with Gasteiger partial charge in [-0.3, -0.25) is 4.40 Å². The minimum Gasteiger partial charge on any atom is -0.493 e. The summed E-state index contributed by atoms with van der Waals surface area (Å²) in [7, 11) is 3.18. The van der Waals surface area contributed by atoms with E-state index in [1.54, 1.807) is 18.6 Å². The van der Waals surface area contributed by atoms with E-state index in [4.69, 9.17) is 14.6 Å². The first-order chi connectivity index (χ1) is 10.5. The molecule has 0 atom stereocenters. The van der Waals surface area contributed by atoms with Crippen LogP contribution in [0.4, 0.5) is 0 Å². The van der Waals surface area contributed by atoms with E-state index in [2.05, 4.69) is 4.98 Å². The van der Waals surface area contributed by atoms with Gasteiger partial charge >= 0.3 is 5.97 Å². The number of nitrogens with zero attached hydrogens (tertiary/aromatic N) is 2. The average molecular weight is 318 g/mol. The highest BCUT2D eigenvalue weighted by molar-refractivity contribution is 7.15. The number of aryl methyl sites for hydroxylation is 1. The maximum absolute atomic E-state index is 11.1. The Kier molecular flexibility index (Phi) is 3.50. The summed E-state index contributed by atoms with van der Waals surface area (Å²) in [6, 6.07) is 3.78. The second-order valence-corrected chi connectivity index (χ2v) is 5.56. The van der Waals surface area contributed by atoms with Gasteiger partial charge in [-0.05, 0) is 24.6 Å². The van der Waals surface area contributed by atoms with Gasteiger partial charge in [-0.15, -0.1) is 11.3 Å².